The number of hydrogen-bond donors (Lipinski definition) is 0. The summed E-state index contributed by atoms with van der Waals surface area (Å²) in [7, 11) is 0. The average Bonchev–Trinajstić information content (AvgIpc) is 2.72. The van der Waals surface area contributed by atoms with Crippen LogP contribution in [0.25, 0.3) is 10.4 Å². The Bertz CT molecular complexity index is 580. The predicted octanol–water partition coefficient (Wildman–Crippen LogP) is 3.95. The van der Waals surface area contributed by atoms with E-state index in [9.17, 15) is 4.79 Å². The summed E-state index contributed by atoms with van der Waals surface area (Å²) in [4.78, 5) is 16.6. The molecule has 0 spiro atoms. The Hall–Kier alpha value is -1.39. The lowest BCUT2D eigenvalue weighted by molar-refractivity contribution is 0.0521. The van der Waals surface area contributed by atoms with Gasteiger partial charge >= 0.3 is 5.97 Å². The normalized spacial score (nSPS) is 10.4. The summed E-state index contributed by atoms with van der Waals surface area (Å²) in [5, 5.41) is 0. The zero-order valence-corrected chi connectivity index (χ0v) is 11.6. The van der Waals surface area contributed by atoms with Gasteiger partial charge in [-0.3, -0.25) is 0 Å². The van der Waals surface area contributed by atoms with Crippen LogP contribution in [-0.4, -0.2) is 17.6 Å². The van der Waals surface area contributed by atoms with Gasteiger partial charge in [0.2, 0.25) is 0 Å². The topological polar surface area (TPSA) is 39.2 Å². The van der Waals surface area contributed by atoms with Gasteiger partial charge in [0.05, 0.1) is 11.5 Å². The van der Waals surface area contributed by atoms with E-state index in [4.69, 9.17) is 16.3 Å². The molecule has 0 amide bonds. The van der Waals surface area contributed by atoms with Crippen LogP contribution in [-0.2, 0) is 4.74 Å². The summed E-state index contributed by atoms with van der Waals surface area (Å²) < 4.78 is 5.32. The number of halogens is 1. The van der Waals surface area contributed by atoms with Crippen molar-refractivity contribution in [2.75, 3.05) is 6.61 Å². The van der Waals surface area contributed by atoms with Crippen molar-refractivity contribution in [2.24, 2.45) is 0 Å². The maximum Gasteiger partial charge on any atom is 0.358 e. The fourth-order valence-corrected chi connectivity index (χ4v) is 2.71. The molecular weight excluding hydrogens is 270 g/mol. The number of hydrogen-bond acceptors (Lipinski definition) is 4. The number of thiazole rings is 1. The molecular formula is C13H12ClNO2S. The van der Waals surface area contributed by atoms with Gasteiger partial charge in [-0.2, -0.15) is 0 Å². The van der Waals surface area contributed by atoms with Crippen molar-refractivity contribution in [1.29, 1.82) is 0 Å². The maximum absolute atomic E-state index is 11.8. The van der Waals surface area contributed by atoms with Crippen LogP contribution in [0.15, 0.2) is 24.3 Å². The van der Waals surface area contributed by atoms with Crippen LogP contribution in [0, 0.1) is 6.92 Å². The standard InChI is InChI=1S/C13H12ClNO2S/c1-3-17-12(16)10-11(18-13(14)15-10)9-6-4-5-8(2)7-9/h4-7H,3H2,1-2H3. The molecule has 0 bridgehead atoms. The monoisotopic (exact) mass is 281 g/mol. The number of esters is 1. The molecule has 0 aliphatic heterocycles. The highest BCUT2D eigenvalue weighted by molar-refractivity contribution is 7.19. The van der Waals surface area contributed by atoms with Crippen molar-refractivity contribution < 1.29 is 9.53 Å². The third-order valence-corrected chi connectivity index (χ3v) is 3.56. The fourth-order valence-electron chi connectivity index (χ4n) is 1.61. The minimum atomic E-state index is -0.433. The van der Waals surface area contributed by atoms with Crippen LogP contribution in [0.1, 0.15) is 23.0 Å². The number of carbonyl (C=O) groups is 1. The second-order valence-electron chi connectivity index (χ2n) is 3.73. The Balaban J connectivity index is 2.47. The van der Waals surface area contributed by atoms with E-state index < -0.39 is 5.97 Å². The van der Waals surface area contributed by atoms with Crippen LogP contribution in [0.5, 0.6) is 0 Å². The van der Waals surface area contributed by atoms with Crippen molar-refractivity contribution in [3.05, 3.63) is 40.0 Å². The molecule has 0 saturated heterocycles. The number of ether oxygens (including phenoxy) is 1. The Labute approximate surface area is 114 Å². The summed E-state index contributed by atoms with van der Waals surface area (Å²) in [6.45, 7) is 4.08. The van der Waals surface area contributed by atoms with Crippen LogP contribution in [0.2, 0.25) is 4.47 Å². The highest BCUT2D eigenvalue weighted by Gasteiger charge is 2.19. The molecule has 3 nitrogen and oxygen atoms in total. The molecule has 1 heterocycles. The minimum Gasteiger partial charge on any atom is -0.461 e. The Kier molecular flexibility index (Phi) is 3.99. The van der Waals surface area contributed by atoms with Crippen LogP contribution < -0.4 is 0 Å². The molecule has 0 fully saturated rings. The number of nitrogens with zero attached hydrogens (tertiary/aromatic N) is 1. The van der Waals surface area contributed by atoms with E-state index in [1.807, 2.05) is 31.2 Å². The minimum absolute atomic E-state index is 0.289. The largest absolute Gasteiger partial charge is 0.461 e. The zero-order valence-electron chi connectivity index (χ0n) is 10.1. The number of rotatable bonds is 3. The third-order valence-electron chi connectivity index (χ3n) is 2.35. The predicted molar refractivity (Wildman–Crippen MR) is 73.3 cm³/mol. The van der Waals surface area contributed by atoms with E-state index in [1.165, 1.54) is 11.3 Å². The number of carbonyl (C=O) groups excluding carboxylic acids is 1. The van der Waals surface area contributed by atoms with Crippen molar-refractivity contribution in [2.45, 2.75) is 13.8 Å². The molecule has 0 unspecified atom stereocenters. The Morgan fingerprint density at radius 1 is 1.50 bits per heavy atom. The van der Waals surface area contributed by atoms with Crippen LogP contribution >= 0.6 is 22.9 Å². The van der Waals surface area contributed by atoms with Crippen molar-refractivity contribution in [3.8, 4) is 10.4 Å². The summed E-state index contributed by atoms with van der Waals surface area (Å²) in [5.74, 6) is -0.433. The van der Waals surface area contributed by atoms with E-state index in [1.54, 1.807) is 6.92 Å². The SMILES string of the molecule is CCOC(=O)c1nc(Cl)sc1-c1cccc(C)c1. The van der Waals surface area contributed by atoms with Gasteiger partial charge in [0, 0.05) is 0 Å². The van der Waals surface area contributed by atoms with E-state index in [-0.39, 0.29) is 5.69 Å². The molecule has 0 N–H and O–H groups in total. The van der Waals surface area contributed by atoms with E-state index >= 15 is 0 Å². The number of benzene rings is 1. The third kappa shape index (κ3) is 2.71. The summed E-state index contributed by atoms with van der Waals surface area (Å²) >= 11 is 7.18. The smallest absolute Gasteiger partial charge is 0.358 e. The van der Waals surface area contributed by atoms with Crippen molar-refractivity contribution >= 4 is 28.9 Å². The fraction of sp³-hybridized carbons (Fsp3) is 0.231. The van der Waals surface area contributed by atoms with Gasteiger partial charge in [-0.25, -0.2) is 9.78 Å². The van der Waals surface area contributed by atoms with Gasteiger partial charge in [-0.1, -0.05) is 41.4 Å². The van der Waals surface area contributed by atoms with Gasteiger partial charge in [0.15, 0.2) is 10.2 Å². The van der Waals surface area contributed by atoms with Gasteiger partial charge in [-0.05, 0) is 19.4 Å². The molecule has 0 saturated carbocycles. The average molecular weight is 282 g/mol. The number of aromatic nitrogens is 1. The molecule has 1 aromatic carbocycles. The lowest BCUT2D eigenvalue weighted by atomic mass is 10.1. The molecule has 2 rings (SSSR count). The highest BCUT2D eigenvalue weighted by atomic mass is 35.5. The van der Waals surface area contributed by atoms with Gasteiger partial charge in [0.1, 0.15) is 0 Å². The zero-order chi connectivity index (χ0) is 13.1. The second-order valence-corrected chi connectivity index (χ2v) is 5.32. The first-order valence-corrected chi connectivity index (χ1v) is 6.71. The quantitative estimate of drug-likeness (QED) is 0.800. The maximum atomic E-state index is 11.8. The first-order chi connectivity index (χ1) is 8.61. The lowest BCUT2D eigenvalue weighted by Gasteiger charge is -2.03. The first-order valence-electron chi connectivity index (χ1n) is 5.52. The molecule has 0 radical (unpaired) electrons. The van der Waals surface area contributed by atoms with Gasteiger partial charge in [-0.15, -0.1) is 11.3 Å². The molecule has 5 heteroatoms. The van der Waals surface area contributed by atoms with E-state index in [0.717, 1.165) is 16.0 Å². The molecule has 2 aromatic rings. The Morgan fingerprint density at radius 3 is 2.94 bits per heavy atom. The van der Waals surface area contributed by atoms with E-state index in [2.05, 4.69) is 4.98 Å². The van der Waals surface area contributed by atoms with Crippen LogP contribution in [0.3, 0.4) is 0 Å². The highest BCUT2D eigenvalue weighted by Crippen LogP contribution is 2.33. The van der Waals surface area contributed by atoms with Crippen LogP contribution in [0.4, 0.5) is 0 Å². The summed E-state index contributed by atoms with van der Waals surface area (Å²) in [5.41, 5.74) is 2.34. The molecule has 0 aliphatic rings. The molecule has 1 aromatic heterocycles. The van der Waals surface area contributed by atoms with Gasteiger partial charge < -0.3 is 4.74 Å². The molecule has 94 valence electrons. The number of aryl methyl sites for hydroxylation is 1. The van der Waals surface area contributed by atoms with Gasteiger partial charge in [0.25, 0.3) is 0 Å². The molecule has 18 heavy (non-hydrogen) atoms. The summed E-state index contributed by atoms with van der Waals surface area (Å²) in [6, 6.07) is 7.86. The van der Waals surface area contributed by atoms with Crippen molar-refractivity contribution in [3.63, 3.8) is 0 Å². The summed E-state index contributed by atoms with van der Waals surface area (Å²) in [6.07, 6.45) is 0. The van der Waals surface area contributed by atoms with Crippen molar-refractivity contribution in [1.82, 2.24) is 4.98 Å². The first kappa shape index (κ1) is 13.1. The Morgan fingerprint density at radius 2 is 2.28 bits per heavy atom. The molecule has 0 aliphatic carbocycles. The second kappa shape index (κ2) is 5.50. The lowest BCUT2D eigenvalue weighted by Crippen LogP contribution is -2.06. The van der Waals surface area contributed by atoms with E-state index in [0.29, 0.717) is 11.1 Å². The molecule has 0 atom stereocenters.